The highest BCUT2D eigenvalue weighted by Gasteiger charge is 2.25. The molecule has 7 heteroatoms. The van der Waals surface area contributed by atoms with Crippen LogP contribution in [0.15, 0.2) is 24.3 Å². The Bertz CT molecular complexity index is 739. The predicted octanol–water partition coefficient (Wildman–Crippen LogP) is 1.44. The van der Waals surface area contributed by atoms with Crippen LogP contribution in [0.1, 0.15) is 43.6 Å². The van der Waals surface area contributed by atoms with Crippen LogP contribution in [0.2, 0.25) is 0 Å². The Balaban J connectivity index is 2.25. The van der Waals surface area contributed by atoms with Gasteiger partial charge in [-0.2, -0.15) is 5.10 Å². The lowest BCUT2D eigenvalue weighted by molar-refractivity contribution is -0.120. The van der Waals surface area contributed by atoms with E-state index in [1.807, 2.05) is 38.1 Å². The highest BCUT2D eigenvalue weighted by Crippen LogP contribution is 2.19. The molecule has 0 aliphatic heterocycles. The second-order valence-electron chi connectivity index (χ2n) is 6.47. The molecule has 0 radical (unpaired) electrons. The number of aryl methyl sites for hydroxylation is 1. The lowest BCUT2D eigenvalue weighted by atomic mass is 10.0. The molecule has 0 saturated carbocycles. The van der Waals surface area contributed by atoms with E-state index in [9.17, 15) is 9.59 Å². The lowest BCUT2D eigenvalue weighted by Crippen LogP contribution is -2.47. The summed E-state index contributed by atoms with van der Waals surface area (Å²) in [6, 6.07) is 6.78. The normalized spacial score (nSPS) is 12.5. The van der Waals surface area contributed by atoms with Gasteiger partial charge in [0.2, 0.25) is 5.91 Å². The van der Waals surface area contributed by atoms with Crippen molar-refractivity contribution in [2.75, 3.05) is 6.61 Å². The molecule has 1 aromatic heterocycles. The van der Waals surface area contributed by atoms with E-state index in [0.29, 0.717) is 12.2 Å². The van der Waals surface area contributed by atoms with Crippen LogP contribution in [0.25, 0.3) is 10.9 Å². The van der Waals surface area contributed by atoms with E-state index >= 15 is 0 Å². The van der Waals surface area contributed by atoms with Gasteiger partial charge in [-0.25, -0.2) is 0 Å². The van der Waals surface area contributed by atoms with Crippen molar-refractivity contribution in [2.24, 2.45) is 11.7 Å². The number of nitrogens with one attached hydrogen (secondary N) is 1. The Morgan fingerprint density at radius 1 is 1.24 bits per heavy atom. The minimum Gasteiger partial charge on any atom is -0.396 e. The van der Waals surface area contributed by atoms with Crippen LogP contribution in [0.3, 0.4) is 0 Å². The zero-order chi connectivity index (χ0) is 18.4. The number of unbranched alkanes of at least 4 members (excludes halogenated alkanes) is 2. The number of hydrogen-bond donors (Lipinski definition) is 3. The lowest BCUT2D eigenvalue weighted by Gasteiger charge is -2.18. The van der Waals surface area contributed by atoms with Crippen molar-refractivity contribution in [3.8, 4) is 0 Å². The zero-order valence-electron chi connectivity index (χ0n) is 14.7. The summed E-state index contributed by atoms with van der Waals surface area (Å²) in [5, 5.41) is 16.8. The molecule has 0 fully saturated rings. The summed E-state index contributed by atoms with van der Waals surface area (Å²) in [5.41, 5.74) is 6.54. The van der Waals surface area contributed by atoms with Gasteiger partial charge in [0, 0.05) is 18.5 Å². The molecule has 136 valence electrons. The number of nitrogens with zero attached hydrogens (tertiary/aromatic N) is 2. The average molecular weight is 346 g/mol. The number of rotatable bonds is 9. The minimum atomic E-state index is -0.735. The van der Waals surface area contributed by atoms with Crippen LogP contribution < -0.4 is 11.1 Å². The van der Waals surface area contributed by atoms with E-state index in [0.717, 1.165) is 30.2 Å². The number of para-hydroxylation sites is 1. The fourth-order valence-electron chi connectivity index (χ4n) is 2.79. The van der Waals surface area contributed by atoms with E-state index < -0.39 is 17.9 Å². The minimum absolute atomic E-state index is 0.103. The number of fused-ring (bicyclic) bond motifs is 1. The summed E-state index contributed by atoms with van der Waals surface area (Å²) in [7, 11) is 0. The van der Waals surface area contributed by atoms with Crippen LogP contribution in [-0.2, 0) is 11.3 Å². The molecule has 7 nitrogen and oxygen atoms in total. The fourth-order valence-corrected chi connectivity index (χ4v) is 2.79. The number of aliphatic hydroxyl groups excluding tert-OH is 1. The molecule has 2 amide bonds. The van der Waals surface area contributed by atoms with Crippen molar-refractivity contribution >= 4 is 22.7 Å². The molecule has 0 aliphatic rings. The quantitative estimate of drug-likeness (QED) is 0.597. The van der Waals surface area contributed by atoms with E-state index in [1.165, 1.54) is 0 Å². The van der Waals surface area contributed by atoms with Gasteiger partial charge in [0.15, 0.2) is 5.69 Å². The number of nitrogens with two attached hydrogens (primary N) is 1. The molecule has 1 aromatic carbocycles. The summed E-state index contributed by atoms with van der Waals surface area (Å²) in [6.07, 6.45) is 2.51. The molecule has 2 aromatic rings. The maximum Gasteiger partial charge on any atom is 0.273 e. The first-order chi connectivity index (χ1) is 12.0. The number of aromatic nitrogens is 2. The molecule has 0 aliphatic carbocycles. The second-order valence-corrected chi connectivity index (χ2v) is 6.47. The molecule has 0 bridgehead atoms. The highest BCUT2D eigenvalue weighted by atomic mass is 16.3. The fraction of sp³-hybridized carbons (Fsp3) is 0.500. The van der Waals surface area contributed by atoms with Gasteiger partial charge >= 0.3 is 0 Å². The van der Waals surface area contributed by atoms with Crippen LogP contribution in [0.4, 0.5) is 0 Å². The van der Waals surface area contributed by atoms with Gasteiger partial charge in [-0.3, -0.25) is 14.3 Å². The first-order valence-electron chi connectivity index (χ1n) is 8.62. The number of amides is 2. The smallest absolute Gasteiger partial charge is 0.273 e. The molecule has 1 heterocycles. The van der Waals surface area contributed by atoms with Gasteiger partial charge in [-0.05, 0) is 31.2 Å². The molecule has 25 heavy (non-hydrogen) atoms. The summed E-state index contributed by atoms with van der Waals surface area (Å²) in [5.74, 6) is -1.06. The number of hydrogen-bond acceptors (Lipinski definition) is 4. The van der Waals surface area contributed by atoms with E-state index in [-0.39, 0.29) is 12.5 Å². The molecular weight excluding hydrogens is 320 g/mol. The SMILES string of the molecule is CC(C)C(NC(=O)c1nn(CCCCCO)c2ccccc12)C(N)=O. The average Bonchev–Trinajstić information content (AvgIpc) is 2.95. The van der Waals surface area contributed by atoms with Gasteiger partial charge in [0.05, 0.1) is 5.52 Å². The van der Waals surface area contributed by atoms with Crippen molar-refractivity contribution in [3.05, 3.63) is 30.0 Å². The molecule has 2 rings (SSSR count). The Morgan fingerprint density at radius 2 is 1.96 bits per heavy atom. The van der Waals surface area contributed by atoms with Crippen molar-refractivity contribution in [2.45, 2.75) is 45.7 Å². The second kappa shape index (κ2) is 8.62. The van der Waals surface area contributed by atoms with Crippen LogP contribution in [-0.4, -0.2) is 39.4 Å². The van der Waals surface area contributed by atoms with Gasteiger partial charge in [-0.15, -0.1) is 0 Å². The van der Waals surface area contributed by atoms with E-state index in [2.05, 4.69) is 10.4 Å². The topological polar surface area (TPSA) is 110 Å². The number of carbonyl (C=O) groups excluding carboxylic acids is 2. The standard InChI is InChI=1S/C18H26N4O3/c1-12(2)15(17(19)24)20-18(25)16-13-8-4-5-9-14(13)22(21-16)10-6-3-7-11-23/h4-5,8-9,12,15,23H,3,6-7,10-11H2,1-2H3,(H2,19,24)(H,20,25). The highest BCUT2D eigenvalue weighted by molar-refractivity contribution is 6.06. The van der Waals surface area contributed by atoms with Crippen molar-refractivity contribution in [1.82, 2.24) is 15.1 Å². The Kier molecular flexibility index (Phi) is 6.52. The number of primary amides is 1. The van der Waals surface area contributed by atoms with Crippen molar-refractivity contribution in [1.29, 1.82) is 0 Å². The van der Waals surface area contributed by atoms with Crippen LogP contribution in [0, 0.1) is 5.92 Å². The maximum atomic E-state index is 12.6. The molecule has 1 atom stereocenters. The summed E-state index contributed by atoms with van der Waals surface area (Å²) in [6.45, 7) is 4.50. The van der Waals surface area contributed by atoms with E-state index in [1.54, 1.807) is 4.68 Å². The molecule has 0 spiro atoms. The number of aliphatic hydroxyl groups is 1. The third-order valence-corrected chi connectivity index (χ3v) is 4.16. The van der Waals surface area contributed by atoms with Crippen molar-refractivity contribution < 1.29 is 14.7 Å². The van der Waals surface area contributed by atoms with Crippen LogP contribution >= 0.6 is 0 Å². The van der Waals surface area contributed by atoms with Crippen molar-refractivity contribution in [3.63, 3.8) is 0 Å². The Morgan fingerprint density at radius 3 is 2.60 bits per heavy atom. The molecule has 0 saturated heterocycles. The predicted molar refractivity (Wildman–Crippen MR) is 96.0 cm³/mol. The summed E-state index contributed by atoms with van der Waals surface area (Å²) < 4.78 is 1.80. The van der Waals surface area contributed by atoms with Gasteiger partial charge in [0.1, 0.15) is 6.04 Å². The summed E-state index contributed by atoms with van der Waals surface area (Å²) in [4.78, 5) is 24.2. The van der Waals surface area contributed by atoms with Gasteiger partial charge < -0.3 is 16.2 Å². The first kappa shape index (κ1) is 18.9. The molecule has 4 N–H and O–H groups in total. The maximum absolute atomic E-state index is 12.6. The molecule has 1 unspecified atom stereocenters. The Labute approximate surface area is 147 Å². The third-order valence-electron chi connectivity index (χ3n) is 4.16. The number of carbonyl (C=O) groups is 2. The molecular formula is C18H26N4O3. The third kappa shape index (κ3) is 4.57. The largest absolute Gasteiger partial charge is 0.396 e. The zero-order valence-corrected chi connectivity index (χ0v) is 14.7. The summed E-state index contributed by atoms with van der Waals surface area (Å²) >= 11 is 0. The van der Waals surface area contributed by atoms with E-state index in [4.69, 9.17) is 10.8 Å². The first-order valence-corrected chi connectivity index (χ1v) is 8.62. The number of benzene rings is 1. The Hall–Kier alpha value is -2.41. The van der Waals surface area contributed by atoms with Gasteiger partial charge in [0.25, 0.3) is 5.91 Å². The monoisotopic (exact) mass is 346 g/mol. The van der Waals surface area contributed by atoms with Crippen LogP contribution in [0.5, 0.6) is 0 Å². The van der Waals surface area contributed by atoms with Gasteiger partial charge in [-0.1, -0.05) is 32.0 Å².